The zero-order valence-corrected chi connectivity index (χ0v) is 12.9. The molecule has 2 rings (SSSR count). The lowest BCUT2D eigenvalue weighted by Gasteiger charge is -2.29. The second-order valence-electron chi connectivity index (χ2n) is 5.74. The number of amides is 2. The summed E-state index contributed by atoms with van der Waals surface area (Å²) < 4.78 is 0. The molecular weight excluding hydrogens is 266 g/mol. The average molecular weight is 289 g/mol. The standard InChI is InChI=1S/C16H23N3O2/c1-12-5-7-13(8-6-12)15(18(2)3)16(21)19-10-4-9-17-14(20)11-19/h5-8,15H,4,9-11H2,1-3H3,(H,17,20). The highest BCUT2D eigenvalue weighted by molar-refractivity contribution is 5.88. The second kappa shape index (κ2) is 6.72. The van der Waals surface area contributed by atoms with E-state index in [4.69, 9.17) is 0 Å². The van der Waals surface area contributed by atoms with Crippen molar-refractivity contribution >= 4 is 11.8 Å². The zero-order valence-electron chi connectivity index (χ0n) is 12.9. The number of nitrogens with one attached hydrogen (secondary N) is 1. The second-order valence-corrected chi connectivity index (χ2v) is 5.74. The normalized spacial score (nSPS) is 17.3. The van der Waals surface area contributed by atoms with Gasteiger partial charge >= 0.3 is 0 Å². The van der Waals surface area contributed by atoms with Gasteiger partial charge in [0.2, 0.25) is 11.8 Å². The molecule has 0 bridgehead atoms. The molecule has 0 saturated carbocycles. The van der Waals surface area contributed by atoms with Crippen molar-refractivity contribution in [2.75, 3.05) is 33.7 Å². The van der Waals surface area contributed by atoms with Crippen molar-refractivity contribution in [2.24, 2.45) is 0 Å². The van der Waals surface area contributed by atoms with Gasteiger partial charge in [-0.15, -0.1) is 0 Å². The summed E-state index contributed by atoms with van der Waals surface area (Å²) in [6, 6.07) is 7.63. The van der Waals surface area contributed by atoms with Gasteiger partial charge in [-0.1, -0.05) is 29.8 Å². The summed E-state index contributed by atoms with van der Waals surface area (Å²) in [7, 11) is 3.78. The molecule has 1 aliphatic rings. The summed E-state index contributed by atoms with van der Waals surface area (Å²) in [5.41, 5.74) is 2.12. The minimum Gasteiger partial charge on any atom is -0.354 e. The van der Waals surface area contributed by atoms with Gasteiger partial charge in [0, 0.05) is 13.1 Å². The van der Waals surface area contributed by atoms with Gasteiger partial charge < -0.3 is 10.2 Å². The lowest BCUT2D eigenvalue weighted by Crippen LogP contribution is -2.43. The van der Waals surface area contributed by atoms with Gasteiger partial charge in [0.05, 0.1) is 6.54 Å². The maximum Gasteiger partial charge on any atom is 0.244 e. The van der Waals surface area contributed by atoms with Crippen LogP contribution in [0, 0.1) is 6.92 Å². The number of hydrogen-bond acceptors (Lipinski definition) is 3. The van der Waals surface area contributed by atoms with E-state index in [-0.39, 0.29) is 24.4 Å². The molecule has 0 spiro atoms. The Kier molecular flexibility index (Phi) is 4.96. The number of carbonyl (C=O) groups excluding carboxylic acids is 2. The van der Waals surface area contributed by atoms with Crippen LogP contribution in [0.2, 0.25) is 0 Å². The fourth-order valence-electron chi connectivity index (χ4n) is 2.58. The largest absolute Gasteiger partial charge is 0.354 e. The summed E-state index contributed by atoms with van der Waals surface area (Å²) in [6.45, 7) is 3.43. The predicted molar refractivity (Wildman–Crippen MR) is 81.8 cm³/mol. The molecule has 1 atom stereocenters. The minimum absolute atomic E-state index is 0.0131. The highest BCUT2D eigenvalue weighted by atomic mass is 16.2. The highest BCUT2D eigenvalue weighted by Gasteiger charge is 2.29. The lowest BCUT2D eigenvalue weighted by atomic mass is 10.0. The molecule has 114 valence electrons. The van der Waals surface area contributed by atoms with Crippen LogP contribution in [0.15, 0.2) is 24.3 Å². The number of benzene rings is 1. The van der Waals surface area contributed by atoms with Crippen molar-refractivity contribution in [1.82, 2.24) is 15.1 Å². The maximum atomic E-state index is 12.8. The van der Waals surface area contributed by atoms with E-state index in [1.165, 1.54) is 0 Å². The third-order valence-electron chi connectivity index (χ3n) is 3.72. The third kappa shape index (κ3) is 3.82. The average Bonchev–Trinajstić information content (AvgIpc) is 2.65. The van der Waals surface area contributed by atoms with Crippen LogP contribution >= 0.6 is 0 Å². The molecular formula is C16H23N3O2. The highest BCUT2D eigenvalue weighted by Crippen LogP contribution is 2.22. The van der Waals surface area contributed by atoms with Gasteiger partial charge in [0.15, 0.2) is 0 Å². The number of rotatable bonds is 3. The van der Waals surface area contributed by atoms with Gasteiger partial charge in [0.1, 0.15) is 6.04 Å². The molecule has 5 nitrogen and oxygen atoms in total. The van der Waals surface area contributed by atoms with E-state index in [1.54, 1.807) is 4.90 Å². The van der Waals surface area contributed by atoms with Crippen LogP contribution in [0.4, 0.5) is 0 Å². The van der Waals surface area contributed by atoms with Crippen molar-refractivity contribution in [1.29, 1.82) is 0 Å². The Morgan fingerprint density at radius 2 is 1.95 bits per heavy atom. The molecule has 0 aromatic heterocycles. The summed E-state index contributed by atoms with van der Waals surface area (Å²) in [5, 5.41) is 2.80. The van der Waals surface area contributed by atoms with Crippen LogP contribution in [0.3, 0.4) is 0 Å². The first kappa shape index (κ1) is 15.5. The van der Waals surface area contributed by atoms with Crippen LogP contribution in [0.25, 0.3) is 0 Å². The predicted octanol–water partition coefficient (Wildman–Crippen LogP) is 0.946. The van der Waals surface area contributed by atoms with Gasteiger partial charge in [-0.3, -0.25) is 14.5 Å². The fourth-order valence-corrected chi connectivity index (χ4v) is 2.58. The summed E-state index contributed by atoms with van der Waals surface area (Å²) in [5.74, 6) is -0.0943. The van der Waals surface area contributed by atoms with E-state index < -0.39 is 0 Å². The van der Waals surface area contributed by atoms with E-state index in [0.29, 0.717) is 13.1 Å². The molecule has 2 amide bonds. The van der Waals surface area contributed by atoms with Crippen molar-refractivity contribution in [3.63, 3.8) is 0 Å². The quantitative estimate of drug-likeness (QED) is 0.901. The Balaban J connectivity index is 2.22. The number of aryl methyl sites for hydroxylation is 1. The zero-order chi connectivity index (χ0) is 15.4. The maximum absolute atomic E-state index is 12.8. The summed E-state index contributed by atoms with van der Waals surface area (Å²) in [4.78, 5) is 28.0. The van der Waals surface area contributed by atoms with Crippen LogP contribution < -0.4 is 5.32 Å². The van der Waals surface area contributed by atoms with Gasteiger partial charge in [-0.2, -0.15) is 0 Å². The summed E-state index contributed by atoms with van der Waals surface area (Å²) in [6.07, 6.45) is 0.797. The Labute approximate surface area is 125 Å². The molecule has 1 aromatic carbocycles. The van der Waals surface area contributed by atoms with Gasteiger partial charge in [0.25, 0.3) is 0 Å². The van der Waals surface area contributed by atoms with Gasteiger partial charge in [-0.25, -0.2) is 0 Å². The Hall–Kier alpha value is -1.88. The SMILES string of the molecule is Cc1ccc(C(C(=O)N2CCCNC(=O)C2)N(C)C)cc1. The molecule has 5 heteroatoms. The molecule has 1 fully saturated rings. The Morgan fingerprint density at radius 3 is 2.57 bits per heavy atom. The van der Waals surface area contributed by atoms with E-state index >= 15 is 0 Å². The molecule has 1 aliphatic heterocycles. The molecule has 1 heterocycles. The smallest absolute Gasteiger partial charge is 0.244 e. The number of carbonyl (C=O) groups is 2. The van der Waals surface area contributed by atoms with Crippen LogP contribution in [0.5, 0.6) is 0 Å². The van der Waals surface area contributed by atoms with Crippen LogP contribution in [-0.4, -0.2) is 55.3 Å². The first-order valence-corrected chi connectivity index (χ1v) is 7.27. The van der Waals surface area contributed by atoms with E-state index in [9.17, 15) is 9.59 Å². The summed E-state index contributed by atoms with van der Waals surface area (Å²) >= 11 is 0. The Bertz CT molecular complexity index is 511. The molecule has 1 unspecified atom stereocenters. The fraction of sp³-hybridized carbons (Fsp3) is 0.500. The van der Waals surface area contributed by atoms with E-state index in [2.05, 4.69) is 5.32 Å². The van der Waals surface area contributed by atoms with Crippen molar-refractivity contribution in [3.05, 3.63) is 35.4 Å². The van der Waals surface area contributed by atoms with Crippen molar-refractivity contribution in [2.45, 2.75) is 19.4 Å². The molecule has 0 aliphatic carbocycles. The molecule has 1 saturated heterocycles. The van der Waals surface area contributed by atoms with Crippen molar-refractivity contribution in [3.8, 4) is 0 Å². The van der Waals surface area contributed by atoms with E-state index in [1.807, 2.05) is 50.2 Å². The lowest BCUT2D eigenvalue weighted by molar-refractivity contribution is -0.139. The molecule has 1 N–H and O–H groups in total. The van der Waals surface area contributed by atoms with Crippen LogP contribution in [0.1, 0.15) is 23.6 Å². The van der Waals surface area contributed by atoms with E-state index in [0.717, 1.165) is 17.5 Å². The molecule has 21 heavy (non-hydrogen) atoms. The number of hydrogen-bond donors (Lipinski definition) is 1. The minimum atomic E-state index is -0.350. The molecule has 0 radical (unpaired) electrons. The number of likely N-dealkylation sites (N-methyl/N-ethyl adjacent to an activating group) is 1. The monoisotopic (exact) mass is 289 g/mol. The third-order valence-corrected chi connectivity index (χ3v) is 3.72. The Morgan fingerprint density at radius 1 is 1.29 bits per heavy atom. The first-order chi connectivity index (χ1) is 9.99. The topological polar surface area (TPSA) is 52.7 Å². The number of nitrogens with zero attached hydrogens (tertiary/aromatic N) is 2. The van der Waals surface area contributed by atoms with Crippen LogP contribution in [-0.2, 0) is 9.59 Å². The first-order valence-electron chi connectivity index (χ1n) is 7.27. The molecule has 1 aromatic rings. The van der Waals surface area contributed by atoms with Gasteiger partial charge in [-0.05, 0) is 33.0 Å². The van der Waals surface area contributed by atoms with Crippen molar-refractivity contribution < 1.29 is 9.59 Å².